The lowest BCUT2D eigenvalue weighted by molar-refractivity contribution is 0.471. The summed E-state index contributed by atoms with van der Waals surface area (Å²) in [5, 5.41) is 3.62. The summed E-state index contributed by atoms with van der Waals surface area (Å²) >= 11 is 0. The SMILES string of the molecule is CNc1cc(F)c(F)c2c1[nH]c1nc(Cc3cnc(C)nc3)nc(N3C[C@H]4C[C@@H]3CC4N)c12. The molecule has 1 aliphatic heterocycles. The Morgan fingerprint density at radius 3 is 2.64 bits per heavy atom. The summed E-state index contributed by atoms with van der Waals surface area (Å²) in [4.78, 5) is 23.5. The van der Waals surface area contributed by atoms with Gasteiger partial charge in [0, 0.05) is 50.6 Å². The van der Waals surface area contributed by atoms with Crippen LogP contribution in [0.2, 0.25) is 0 Å². The van der Waals surface area contributed by atoms with E-state index in [4.69, 9.17) is 15.7 Å². The molecule has 8 nitrogen and oxygen atoms in total. The van der Waals surface area contributed by atoms with Crippen molar-refractivity contribution in [2.24, 2.45) is 11.7 Å². The van der Waals surface area contributed by atoms with Crippen LogP contribution in [0.25, 0.3) is 21.9 Å². The lowest BCUT2D eigenvalue weighted by atomic mass is 10.0. The minimum absolute atomic E-state index is 0.167. The Balaban J connectivity index is 1.58. The molecular formula is C23H24F2N8. The third-order valence-corrected chi connectivity index (χ3v) is 6.98. The molecule has 4 heterocycles. The molecule has 1 aromatic carbocycles. The van der Waals surface area contributed by atoms with Crippen molar-refractivity contribution < 1.29 is 8.78 Å². The zero-order valence-corrected chi connectivity index (χ0v) is 18.4. The molecule has 0 spiro atoms. The summed E-state index contributed by atoms with van der Waals surface area (Å²) in [6, 6.07) is 1.55. The summed E-state index contributed by atoms with van der Waals surface area (Å²) in [6.07, 6.45) is 5.78. The van der Waals surface area contributed by atoms with Crippen LogP contribution in [0.1, 0.15) is 30.1 Å². The van der Waals surface area contributed by atoms with Crippen LogP contribution < -0.4 is 16.0 Å². The largest absolute Gasteiger partial charge is 0.386 e. The van der Waals surface area contributed by atoms with E-state index in [2.05, 4.69) is 25.2 Å². The molecule has 0 amide bonds. The van der Waals surface area contributed by atoms with Crippen LogP contribution >= 0.6 is 0 Å². The van der Waals surface area contributed by atoms with E-state index in [1.807, 2.05) is 6.92 Å². The van der Waals surface area contributed by atoms with Crippen molar-refractivity contribution in [1.82, 2.24) is 24.9 Å². The molecule has 170 valence electrons. The van der Waals surface area contributed by atoms with E-state index in [-0.39, 0.29) is 17.5 Å². The highest BCUT2D eigenvalue weighted by Crippen LogP contribution is 2.44. The molecule has 2 aliphatic rings. The Morgan fingerprint density at radius 1 is 1.18 bits per heavy atom. The number of nitrogens with two attached hydrogens (primary N) is 1. The van der Waals surface area contributed by atoms with E-state index >= 15 is 4.39 Å². The predicted molar refractivity (Wildman–Crippen MR) is 122 cm³/mol. The number of H-pyrrole nitrogens is 1. The van der Waals surface area contributed by atoms with Gasteiger partial charge in [0.05, 0.1) is 22.0 Å². The third kappa shape index (κ3) is 3.12. The van der Waals surface area contributed by atoms with Crippen LogP contribution in [0.4, 0.5) is 20.3 Å². The summed E-state index contributed by atoms with van der Waals surface area (Å²) in [7, 11) is 1.67. The molecule has 3 aromatic heterocycles. The Bertz CT molecular complexity index is 1380. The van der Waals surface area contributed by atoms with Crippen LogP contribution in [0.3, 0.4) is 0 Å². The van der Waals surface area contributed by atoms with Crippen LogP contribution in [-0.4, -0.2) is 50.6 Å². The van der Waals surface area contributed by atoms with Gasteiger partial charge in [0.25, 0.3) is 0 Å². The van der Waals surface area contributed by atoms with E-state index in [0.29, 0.717) is 52.0 Å². The van der Waals surface area contributed by atoms with Gasteiger partial charge in [0.1, 0.15) is 23.1 Å². The highest BCUT2D eigenvalue weighted by molar-refractivity contribution is 6.15. The summed E-state index contributed by atoms with van der Waals surface area (Å²) in [5.74, 6) is 0.433. The molecule has 0 radical (unpaired) electrons. The molecule has 3 atom stereocenters. The number of aromatic amines is 1. The van der Waals surface area contributed by atoms with Gasteiger partial charge in [0.2, 0.25) is 0 Å². The molecule has 10 heteroatoms. The molecule has 6 rings (SSSR count). The normalized spacial score (nSPS) is 22.1. The first-order valence-electron chi connectivity index (χ1n) is 11.1. The molecular weight excluding hydrogens is 426 g/mol. The maximum Gasteiger partial charge on any atom is 0.169 e. The van der Waals surface area contributed by atoms with E-state index in [9.17, 15) is 4.39 Å². The first kappa shape index (κ1) is 20.2. The number of nitrogens with one attached hydrogen (secondary N) is 2. The average Bonchev–Trinajstić information content (AvgIpc) is 3.49. The van der Waals surface area contributed by atoms with Crippen molar-refractivity contribution in [3.63, 3.8) is 0 Å². The van der Waals surface area contributed by atoms with Crippen molar-refractivity contribution in [2.75, 3.05) is 23.8 Å². The second-order valence-electron chi connectivity index (χ2n) is 9.05. The first-order chi connectivity index (χ1) is 15.9. The average molecular weight is 450 g/mol. The first-order valence-corrected chi connectivity index (χ1v) is 11.1. The predicted octanol–water partition coefficient (Wildman–Crippen LogP) is 3.05. The van der Waals surface area contributed by atoms with Gasteiger partial charge < -0.3 is 20.9 Å². The number of fused-ring (bicyclic) bond motifs is 5. The maximum absolute atomic E-state index is 15.1. The fourth-order valence-electron chi connectivity index (χ4n) is 5.35. The van der Waals surface area contributed by atoms with E-state index < -0.39 is 11.6 Å². The van der Waals surface area contributed by atoms with E-state index in [1.54, 1.807) is 19.4 Å². The molecule has 4 aromatic rings. The number of benzene rings is 1. The number of halogens is 2. The zero-order valence-electron chi connectivity index (χ0n) is 18.4. The second-order valence-corrected chi connectivity index (χ2v) is 9.05. The zero-order chi connectivity index (χ0) is 22.9. The summed E-state index contributed by atoms with van der Waals surface area (Å²) < 4.78 is 29.6. The number of nitrogens with zero attached hydrogens (tertiary/aromatic N) is 5. The van der Waals surface area contributed by atoms with E-state index in [1.165, 1.54) is 0 Å². The topological polar surface area (TPSA) is 109 Å². The number of aryl methyl sites for hydroxylation is 1. The van der Waals surface area contributed by atoms with Crippen LogP contribution in [0, 0.1) is 24.5 Å². The minimum atomic E-state index is -0.912. The molecule has 1 aliphatic carbocycles. The monoisotopic (exact) mass is 450 g/mol. The Hall–Kier alpha value is -3.40. The van der Waals surface area contributed by atoms with Gasteiger partial charge >= 0.3 is 0 Å². The van der Waals surface area contributed by atoms with Gasteiger partial charge in [-0.25, -0.2) is 28.7 Å². The molecule has 1 unspecified atom stereocenters. The van der Waals surface area contributed by atoms with Gasteiger partial charge in [0.15, 0.2) is 11.6 Å². The van der Waals surface area contributed by atoms with Gasteiger partial charge in [-0.05, 0) is 31.2 Å². The van der Waals surface area contributed by atoms with Crippen molar-refractivity contribution >= 4 is 33.4 Å². The van der Waals surface area contributed by atoms with Crippen LogP contribution in [0.5, 0.6) is 0 Å². The molecule has 4 N–H and O–H groups in total. The highest BCUT2D eigenvalue weighted by atomic mass is 19.2. The Morgan fingerprint density at radius 2 is 1.97 bits per heavy atom. The van der Waals surface area contributed by atoms with Crippen LogP contribution in [0.15, 0.2) is 18.5 Å². The quantitative estimate of drug-likeness (QED) is 0.439. The fraction of sp³-hybridized carbons (Fsp3) is 0.391. The molecule has 1 saturated heterocycles. The number of hydrogen-bond donors (Lipinski definition) is 3. The van der Waals surface area contributed by atoms with Gasteiger partial charge in [-0.15, -0.1) is 0 Å². The number of piperidine rings is 1. The fourth-order valence-corrected chi connectivity index (χ4v) is 5.35. The standard InChI is InChI=1S/C23H24F2N8/c1-10-28-7-11(8-29-10)3-17-30-22-19(18-20(25)14(24)6-16(27-2)21(18)32-22)23(31-17)33-9-12-4-13(33)5-15(12)26/h6-8,12-13,15,27H,3-5,9,26H2,1-2H3,(H,30,31,32)/t12-,13-,15?/m1/s1. The number of aromatic nitrogens is 5. The van der Waals surface area contributed by atoms with Gasteiger partial charge in [-0.2, -0.15) is 0 Å². The van der Waals surface area contributed by atoms with Crippen molar-refractivity contribution in [2.45, 2.75) is 38.3 Å². The molecule has 1 saturated carbocycles. The molecule has 33 heavy (non-hydrogen) atoms. The molecule has 2 bridgehead atoms. The summed E-state index contributed by atoms with van der Waals surface area (Å²) in [6.45, 7) is 2.57. The van der Waals surface area contributed by atoms with Crippen molar-refractivity contribution in [3.8, 4) is 0 Å². The summed E-state index contributed by atoms with van der Waals surface area (Å²) in [5.41, 5.74) is 8.56. The second kappa shape index (κ2) is 7.31. The van der Waals surface area contributed by atoms with Crippen LogP contribution in [-0.2, 0) is 6.42 Å². The highest BCUT2D eigenvalue weighted by Gasteiger charge is 2.44. The van der Waals surface area contributed by atoms with Gasteiger partial charge in [-0.1, -0.05) is 0 Å². The maximum atomic E-state index is 15.1. The Labute approximate surface area is 188 Å². The third-order valence-electron chi connectivity index (χ3n) is 6.98. The van der Waals surface area contributed by atoms with Gasteiger partial charge in [-0.3, -0.25) is 0 Å². The van der Waals surface area contributed by atoms with Crippen molar-refractivity contribution in [3.05, 3.63) is 47.3 Å². The number of anilines is 2. The lowest BCUT2D eigenvalue weighted by Crippen LogP contribution is -2.41. The van der Waals surface area contributed by atoms with E-state index in [0.717, 1.165) is 31.0 Å². The lowest BCUT2D eigenvalue weighted by Gasteiger charge is -2.31. The minimum Gasteiger partial charge on any atom is -0.386 e. The van der Waals surface area contributed by atoms with Crippen molar-refractivity contribution in [1.29, 1.82) is 0 Å². The Kier molecular flexibility index (Phi) is 4.48. The number of hydrogen-bond acceptors (Lipinski definition) is 7. The smallest absolute Gasteiger partial charge is 0.169 e. The number of rotatable bonds is 4. The molecule has 2 fully saturated rings.